The molecule has 14 heteroatoms. The van der Waals surface area contributed by atoms with Gasteiger partial charge in [-0.1, -0.05) is 44.2 Å². The molecule has 0 amide bonds. The molecule has 0 bridgehead atoms. The van der Waals surface area contributed by atoms with Gasteiger partial charge in [0.25, 0.3) is 0 Å². The van der Waals surface area contributed by atoms with Crippen LogP contribution in [0.15, 0.2) is 30.3 Å². The number of aliphatic hydroxyl groups excluding tert-OH is 4. The van der Waals surface area contributed by atoms with E-state index < -0.39 is 102 Å². The maximum Gasteiger partial charge on any atom is 0.311 e. The van der Waals surface area contributed by atoms with Crippen LogP contribution in [0, 0.1) is 17.8 Å². The van der Waals surface area contributed by atoms with E-state index in [2.05, 4.69) is 4.90 Å². The van der Waals surface area contributed by atoms with Gasteiger partial charge in [0.05, 0.1) is 53.7 Å². The first kappa shape index (κ1) is 47.9. The molecule has 57 heavy (non-hydrogen) atoms. The van der Waals surface area contributed by atoms with Crippen molar-refractivity contribution in [2.75, 3.05) is 14.2 Å². The lowest BCUT2D eigenvalue weighted by Crippen LogP contribution is -2.60. The maximum atomic E-state index is 14.4. The molecule has 3 aliphatic heterocycles. The summed E-state index contributed by atoms with van der Waals surface area (Å²) in [4.78, 5) is 16.5. The van der Waals surface area contributed by atoms with Crippen molar-refractivity contribution in [1.82, 2.24) is 4.90 Å². The Balaban J connectivity index is 1.82. The molecule has 0 unspecified atom stereocenters. The van der Waals surface area contributed by atoms with Crippen LogP contribution in [0.5, 0.6) is 0 Å². The number of nitrogens with zero attached hydrogens (tertiary/aromatic N) is 1. The smallest absolute Gasteiger partial charge is 0.311 e. The quantitative estimate of drug-likeness (QED) is 0.199. The highest BCUT2D eigenvalue weighted by Gasteiger charge is 2.52. The molecular weight excluding hydrogens is 738 g/mol. The molecule has 1 aromatic carbocycles. The number of hydrogen-bond donors (Lipinski definition) is 6. The van der Waals surface area contributed by atoms with Gasteiger partial charge in [-0.2, -0.15) is 0 Å². The number of benzene rings is 1. The van der Waals surface area contributed by atoms with Crippen molar-refractivity contribution in [3.05, 3.63) is 35.9 Å². The summed E-state index contributed by atoms with van der Waals surface area (Å²) >= 11 is 0. The second-order valence-electron chi connectivity index (χ2n) is 18.3. The van der Waals surface area contributed by atoms with Crippen LogP contribution in [0.25, 0.3) is 0 Å². The van der Waals surface area contributed by atoms with Gasteiger partial charge >= 0.3 is 5.97 Å². The van der Waals surface area contributed by atoms with Gasteiger partial charge in [-0.25, -0.2) is 0 Å². The number of cyclic esters (lactones) is 1. The number of aliphatic hydroxyl groups is 6. The van der Waals surface area contributed by atoms with Gasteiger partial charge in [-0.05, 0) is 86.8 Å². The molecule has 3 fully saturated rings. The zero-order valence-corrected chi connectivity index (χ0v) is 36.1. The molecule has 0 saturated carbocycles. The summed E-state index contributed by atoms with van der Waals surface area (Å²) in [6.45, 7) is 17.3. The lowest BCUT2D eigenvalue weighted by molar-refractivity contribution is -0.309. The van der Waals surface area contributed by atoms with Crippen molar-refractivity contribution in [3.8, 4) is 0 Å². The summed E-state index contributed by atoms with van der Waals surface area (Å²) in [5.74, 6) is -3.41. The number of likely N-dealkylation sites (N-methyl/N-ethyl adjacent to an activating group) is 1. The zero-order chi connectivity index (χ0) is 42.8. The van der Waals surface area contributed by atoms with Crippen molar-refractivity contribution in [2.24, 2.45) is 17.8 Å². The number of esters is 1. The molecule has 14 nitrogen and oxygen atoms in total. The largest absolute Gasteiger partial charge is 0.459 e. The molecule has 0 aliphatic carbocycles. The average molecular weight is 812 g/mol. The summed E-state index contributed by atoms with van der Waals surface area (Å²) in [6.07, 6.45) is -11.0. The SMILES string of the molecule is CO[C@]1(C)C[C@H](O[C@H]2C[C@@H](O[C@@H]3O[C@H](C)C[C@H](N(C)C(C)C)[C@H]3O)[C@](C)(O)C[C@@H](C)[C@H](O)[C@H](C)[C@@H](O)[C@](C)(O)[C@@H](Cc3ccccc3)OC(=O)[C@@H]2C)O[C@@H](C)[C@@H]1O. The van der Waals surface area contributed by atoms with E-state index in [1.807, 2.05) is 58.2 Å². The highest BCUT2D eigenvalue weighted by molar-refractivity contribution is 5.73. The van der Waals surface area contributed by atoms with Crippen LogP contribution in [0.2, 0.25) is 0 Å². The Morgan fingerprint density at radius 1 is 0.877 bits per heavy atom. The molecule has 3 heterocycles. The predicted molar refractivity (Wildman–Crippen MR) is 212 cm³/mol. The van der Waals surface area contributed by atoms with Crippen molar-refractivity contribution in [2.45, 2.75) is 198 Å². The van der Waals surface area contributed by atoms with E-state index in [1.165, 1.54) is 14.0 Å². The molecule has 0 aromatic heterocycles. The van der Waals surface area contributed by atoms with E-state index in [1.54, 1.807) is 41.5 Å². The minimum Gasteiger partial charge on any atom is -0.459 e. The Morgan fingerprint density at radius 3 is 2.11 bits per heavy atom. The van der Waals surface area contributed by atoms with Crippen LogP contribution in [0.4, 0.5) is 0 Å². The van der Waals surface area contributed by atoms with E-state index in [4.69, 9.17) is 28.4 Å². The third kappa shape index (κ3) is 11.1. The van der Waals surface area contributed by atoms with Gasteiger partial charge in [-0.15, -0.1) is 0 Å². The van der Waals surface area contributed by atoms with Gasteiger partial charge in [-0.3, -0.25) is 9.69 Å². The standard InChI is InChI=1S/C43H73NO13/c1-23(2)44(11)30-18-25(4)53-40(36(30)46)57-32-20-31(55-34-22-42(9,52-12)38(48)28(7)54-34)26(5)39(49)56-33(19-29-16-14-13-15-17-29)43(10,51)37(47)27(6)35(45)24(3)21-41(32,8)50/h13-17,23-28,30-38,40,45-48,50-51H,18-22H2,1-12H3/t24-,25-,26-,27+,28+,30+,31+,32-,33-,34+,35+,36-,37-,38+,40+,41-,42-,43-/m1/s1. The summed E-state index contributed by atoms with van der Waals surface area (Å²) in [7, 11) is 3.42. The third-order valence-electron chi connectivity index (χ3n) is 13.2. The van der Waals surface area contributed by atoms with Crippen LogP contribution in [-0.2, 0) is 39.6 Å². The minimum absolute atomic E-state index is 0.0460. The molecule has 18 atom stereocenters. The van der Waals surface area contributed by atoms with E-state index in [0.29, 0.717) is 6.42 Å². The molecule has 1 aromatic rings. The molecule has 0 spiro atoms. The van der Waals surface area contributed by atoms with Gasteiger partial charge in [0, 0.05) is 44.4 Å². The zero-order valence-electron chi connectivity index (χ0n) is 36.1. The highest BCUT2D eigenvalue weighted by Crippen LogP contribution is 2.39. The van der Waals surface area contributed by atoms with Crippen molar-refractivity contribution < 1.29 is 63.9 Å². The van der Waals surface area contributed by atoms with Crippen LogP contribution in [0.1, 0.15) is 100 Å². The third-order valence-corrected chi connectivity index (χ3v) is 13.2. The fourth-order valence-corrected chi connectivity index (χ4v) is 8.85. The number of ether oxygens (including phenoxy) is 6. The number of carbonyl (C=O) groups excluding carboxylic acids is 1. The van der Waals surface area contributed by atoms with Crippen molar-refractivity contribution in [1.29, 1.82) is 0 Å². The monoisotopic (exact) mass is 812 g/mol. The van der Waals surface area contributed by atoms with Crippen LogP contribution in [-0.4, -0.2) is 152 Å². The Bertz CT molecular complexity index is 1410. The van der Waals surface area contributed by atoms with E-state index in [-0.39, 0.29) is 43.9 Å². The Kier molecular flexibility index (Phi) is 16.2. The van der Waals surface area contributed by atoms with Gasteiger partial charge in [0.15, 0.2) is 12.6 Å². The molecule has 3 saturated heterocycles. The van der Waals surface area contributed by atoms with Crippen LogP contribution < -0.4 is 0 Å². The first-order valence-corrected chi connectivity index (χ1v) is 20.7. The first-order chi connectivity index (χ1) is 26.4. The number of hydrogen-bond acceptors (Lipinski definition) is 14. The van der Waals surface area contributed by atoms with Crippen molar-refractivity contribution in [3.63, 3.8) is 0 Å². The first-order valence-electron chi connectivity index (χ1n) is 20.7. The van der Waals surface area contributed by atoms with Crippen LogP contribution in [0.3, 0.4) is 0 Å². The molecule has 0 radical (unpaired) electrons. The molecule has 328 valence electrons. The van der Waals surface area contributed by atoms with Gasteiger partial charge in [0.2, 0.25) is 0 Å². The second-order valence-corrected chi connectivity index (χ2v) is 18.3. The van der Waals surface area contributed by atoms with Gasteiger partial charge in [0.1, 0.15) is 23.9 Å². The van der Waals surface area contributed by atoms with E-state index in [0.717, 1.165) is 5.56 Å². The van der Waals surface area contributed by atoms with Crippen LogP contribution >= 0.6 is 0 Å². The highest BCUT2D eigenvalue weighted by atomic mass is 16.7. The van der Waals surface area contributed by atoms with Gasteiger partial charge < -0.3 is 59.1 Å². The molecular formula is C43H73NO13. The maximum absolute atomic E-state index is 14.4. The van der Waals surface area contributed by atoms with E-state index >= 15 is 0 Å². The Labute approximate surface area is 339 Å². The summed E-state index contributed by atoms with van der Waals surface area (Å²) in [5.41, 5.74) is -4.07. The molecule has 6 N–H and O–H groups in total. The fourth-order valence-electron chi connectivity index (χ4n) is 8.85. The lowest BCUT2D eigenvalue weighted by atomic mass is 9.75. The Morgan fingerprint density at radius 2 is 1.51 bits per heavy atom. The van der Waals surface area contributed by atoms with Crippen molar-refractivity contribution >= 4 is 5.97 Å². The average Bonchev–Trinajstić information content (AvgIpc) is 3.15. The minimum atomic E-state index is -2.02. The number of carbonyl (C=O) groups is 1. The topological polar surface area (TPSA) is 197 Å². The Hall–Kier alpha value is -1.79. The normalized spacial score (nSPS) is 45.8. The fraction of sp³-hybridized carbons (Fsp3) is 0.837. The summed E-state index contributed by atoms with van der Waals surface area (Å²) in [5, 5.41) is 70.6. The lowest BCUT2D eigenvalue weighted by Gasteiger charge is -2.48. The van der Waals surface area contributed by atoms with E-state index in [9.17, 15) is 35.4 Å². The predicted octanol–water partition coefficient (Wildman–Crippen LogP) is 2.94. The second kappa shape index (κ2) is 19.3. The molecule has 4 rings (SSSR count). The summed E-state index contributed by atoms with van der Waals surface area (Å²) < 4.78 is 37.6. The number of methoxy groups -OCH3 is 1. The molecule has 3 aliphatic rings. The summed E-state index contributed by atoms with van der Waals surface area (Å²) in [6, 6.07) is 8.94. The number of rotatable bonds is 9.